The number of carbonyl (C=O) groups is 1. The Morgan fingerprint density at radius 1 is 1.21 bits per heavy atom. The van der Waals surface area contributed by atoms with Gasteiger partial charge in [-0.05, 0) is 49.4 Å². The number of fused-ring (bicyclic) bond motifs is 1. The highest BCUT2D eigenvalue weighted by atomic mass is 35.5. The molecule has 8 heteroatoms. The van der Waals surface area contributed by atoms with Gasteiger partial charge >= 0.3 is 5.63 Å². The molecule has 0 aliphatic heterocycles. The maximum Gasteiger partial charge on any atom is 0.349 e. The minimum atomic E-state index is -0.769. The lowest BCUT2D eigenvalue weighted by Gasteiger charge is -2.10. The molecule has 0 saturated heterocycles. The number of aromatic nitrogens is 2. The maximum atomic E-state index is 12.8. The van der Waals surface area contributed by atoms with Crippen LogP contribution >= 0.6 is 11.6 Å². The van der Waals surface area contributed by atoms with E-state index in [4.69, 9.17) is 16.0 Å². The first-order valence-corrected chi connectivity index (χ1v) is 8.94. The minimum absolute atomic E-state index is 0.142. The Hall–Kier alpha value is -3.89. The molecule has 2 heterocycles. The summed E-state index contributed by atoms with van der Waals surface area (Å²) in [5.74, 6) is -0.557. The van der Waals surface area contributed by atoms with Gasteiger partial charge in [-0.3, -0.25) is 4.79 Å². The van der Waals surface area contributed by atoms with E-state index >= 15 is 0 Å². The summed E-state index contributed by atoms with van der Waals surface area (Å²) in [6, 6.07) is 15.5. The Balaban J connectivity index is 1.76. The van der Waals surface area contributed by atoms with Crippen LogP contribution in [0.25, 0.3) is 16.7 Å². The molecule has 0 bridgehead atoms. The van der Waals surface area contributed by atoms with E-state index in [0.717, 1.165) is 5.56 Å². The second-order valence-corrected chi connectivity index (χ2v) is 6.79. The third kappa shape index (κ3) is 3.49. The van der Waals surface area contributed by atoms with Crippen molar-refractivity contribution in [2.75, 3.05) is 5.32 Å². The lowest BCUT2D eigenvalue weighted by Crippen LogP contribution is -2.22. The lowest BCUT2D eigenvalue weighted by atomic mass is 10.1. The van der Waals surface area contributed by atoms with Gasteiger partial charge in [-0.1, -0.05) is 23.2 Å². The van der Waals surface area contributed by atoms with E-state index in [-0.39, 0.29) is 16.9 Å². The molecular formula is C21H13ClN4O3. The van der Waals surface area contributed by atoms with E-state index in [0.29, 0.717) is 21.7 Å². The van der Waals surface area contributed by atoms with Gasteiger partial charge in [0.25, 0.3) is 5.91 Å². The fourth-order valence-electron chi connectivity index (χ4n) is 2.90. The van der Waals surface area contributed by atoms with Gasteiger partial charge in [0.05, 0.1) is 11.9 Å². The van der Waals surface area contributed by atoms with Crippen LogP contribution < -0.4 is 10.9 Å². The van der Waals surface area contributed by atoms with Gasteiger partial charge in [-0.15, -0.1) is 0 Å². The number of rotatable bonds is 3. The maximum absolute atomic E-state index is 12.8. The number of hydrogen-bond donors (Lipinski definition) is 1. The largest absolute Gasteiger partial charge is 0.422 e. The molecule has 0 unspecified atom stereocenters. The Bertz CT molecular complexity index is 1350. The number of benzene rings is 2. The molecule has 4 aromatic rings. The van der Waals surface area contributed by atoms with Crippen molar-refractivity contribution in [3.63, 3.8) is 0 Å². The molecule has 1 amide bonds. The van der Waals surface area contributed by atoms with Gasteiger partial charge in [-0.2, -0.15) is 10.4 Å². The van der Waals surface area contributed by atoms with Crippen LogP contribution in [0.5, 0.6) is 0 Å². The van der Waals surface area contributed by atoms with E-state index < -0.39 is 11.5 Å². The summed E-state index contributed by atoms with van der Waals surface area (Å²) in [5, 5.41) is 17.3. The molecule has 142 valence electrons. The molecule has 0 saturated carbocycles. The Labute approximate surface area is 169 Å². The van der Waals surface area contributed by atoms with E-state index in [1.807, 2.05) is 25.1 Å². The molecule has 0 atom stereocenters. The number of anilines is 1. The second kappa shape index (κ2) is 7.26. The lowest BCUT2D eigenvalue weighted by molar-refractivity contribution is 0.102. The van der Waals surface area contributed by atoms with Gasteiger partial charge < -0.3 is 9.73 Å². The van der Waals surface area contributed by atoms with Crippen LogP contribution in [0.15, 0.2) is 63.9 Å². The van der Waals surface area contributed by atoms with Crippen molar-refractivity contribution in [1.29, 1.82) is 5.26 Å². The molecule has 2 aromatic carbocycles. The number of halogens is 1. The van der Waals surface area contributed by atoms with Crippen LogP contribution in [-0.2, 0) is 0 Å². The van der Waals surface area contributed by atoms with Gasteiger partial charge in [0.15, 0.2) is 5.82 Å². The fourth-order valence-corrected chi connectivity index (χ4v) is 3.03. The minimum Gasteiger partial charge on any atom is -0.422 e. The quantitative estimate of drug-likeness (QED) is 0.519. The van der Waals surface area contributed by atoms with E-state index in [2.05, 4.69) is 10.4 Å². The number of aryl methyl sites for hydroxylation is 1. The predicted octanol–water partition coefficient (Wildman–Crippen LogP) is 4.06. The molecule has 0 fully saturated rings. The zero-order valence-electron chi connectivity index (χ0n) is 15.1. The first-order chi connectivity index (χ1) is 14.0. The van der Waals surface area contributed by atoms with Crippen LogP contribution in [0, 0.1) is 18.3 Å². The Kier molecular flexibility index (Phi) is 4.63. The number of nitriles is 1. The summed E-state index contributed by atoms with van der Waals surface area (Å²) < 4.78 is 6.64. The van der Waals surface area contributed by atoms with Gasteiger partial charge in [0.2, 0.25) is 0 Å². The van der Waals surface area contributed by atoms with E-state index in [1.165, 1.54) is 16.9 Å². The van der Waals surface area contributed by atoms with Crippen molar-refractivity contribution in [2.45, 2.75) is 6.92 Å². The molecule has 2 aromatic heterocycles. The van der Waals surface area contributed by atoms with E-state index in [1.54, 1.807) is 30.3 Å². The van der Waals surface area contributed by atoms with Crippen molar-refractivity contribution in [2.24, 2.45) is 0 Å². The normalized spacial score (nSPS) is 10.7. The first-order valence-electron chi connectivity index (χ1n) is 8.56. The topological polar surface area (TPSA) is 101 Å². The van der Waals surface area contributed by atoms with Crippen LogP contribution in [-0.4, -0.2) is 15.7 Å². The number of nitrogens with zero attached hydrogens (tertiary/aromatic N) is 3. The highest BCUT2D eigenvalue weighted by Crippen LogP contribution is 2.22. The predicted molar refractivity (Wildman–Crippen MR) is 108 cm³/mol. The Morgan fingerprint density at radius 3 is 2.69 bits per heavy atom. The van der Waals surface area contributed by atoms with Crippen LogP contribution in [0.2, 0.25) is 5.02 Å². The smallest absolute Gasteiger partial charge is 0.349 e. The van der Waals surface area contributed by atoms with Crippen LogP contribution in [0.4, 0.5) is 5.82 Å². The average Bonchev–Trinajstić information content (AvgIpc) is 3.10. The van der Waals surface area contributed by atoms with Gasteiger partial charge in [-0.25, -0.2) is 9.48 Å². The SMILES string of the molecule is Cc1ccc2oc(=O)c(C(=O)Nc3c(C#N)cnn3-c3ccc(Cl)cc3)cc2c1. The summed E-state index contributed by atoms with van der Waals surface area (Å²) in [6.45, 7) is 1.90. The van der Waals surface area contributed by atoms with Crippen LogP contribution in [0.3, 0.4) is 0 Å². The number of amides is 1. The monoisotopic (exact) mass is 404 g/mol. The highest BCUT2D eigenvalue weighted by molar-refractivity contribution is 6.30. The Morgan fingerprint density at radius 2 is 1.97 bits per heavy atom. The zero-order valence-corrected chi connectivity index (χ0v) is 15.9. The third-order valence-electron chi connectivity index (χ3n) is 4.33. The van der Waals surface area contributed by atoms with Crippen molar-refractivity contribution in [1.82, 2.24) is 9.78 Å². The standard InChI is InChI=1S/C21H13ClN4O3/c1-12-2-7-18-13(8-12)9-17(21(28)29-18)20(27)25-19-14(10-23)11-24-26(19)16-5-3-15(22)4-6-16/h2-9,11H,1H3,(H,25,27). The molecule has 0 aliphatic rings. The fraction of sp³-hybridized carbons (Fsp3) is 0.0476. The van der Waals surface area contributed by atoms with Crippen LogP contribution in [0.1, 0.15) is 21.5 Å². The summed E-state index contributed by atoms with van der Waals surface area (Å²) in [6.07, 6.45) is 1.33. The molecular weight excluding hydrogens is 392 g/mol. The first kappa shape index (κ1) is 18.5. The highest BCUT2D eigenvalue weighted by Gasteiger charge is 2.19. The number of hydrogen-bond acceptors (Lipinski definition) is 5. The van der Waals surface area contributed by atoms with Gasteiger partial charge in [0.1, 0.15) is 22.8 Å². The molecule has 29 heavy (non-hydrogen) atoms. The van der Waals surface area contributed by atoms with Crippen molar-refractivity contribution < 1.29 is 9.21 Å². The molecule has 1 N–H and O–H groups in total. The second-order valence-electron chi connectivity index (χ2n) is 6.35. The zero-order chi connectivity index (χ0) is 20.5. The molecule has 7 nitrogen and oxygen atoms in total. The average molecular weight is 405 g/mol. The van der Waals surface area contributed by atoms with Crippen molar-refractivity contribution in [3.8, 4) is 11.8 Å². The van der Waals surface area contributed by atoms with Crippen molar-refractivity contribution >= 4 is 34.3 Å². The van der Waals surface area contributed by atoms with E-state index in [9.17, 15) is 14.9 Å². The molecule has 4 rings (SSSR count). The summed E-state index contributed by atoms with van der Waals surface area (Å²) in [4.78, 5) is 25.1. The molecule has 0 radical (unpaired) electrons. The molecule has 0 aliphatic carbocycles. The number of carbonyl (C=O) groups excluding carboxylic acids is 1. The molecule has 0 spiro atoms. The number of nitrogens with one attached hydrogen (secondary N) is 1. The third-order valence-corrected chi connectivity index (χ3v) is 4.58. The summed E-state index contributed by atoms with van der Waals surface area (Å²) >= 11 is 5.92. The van der Waals surface area contributed by atoms with Crippen molar-refractivity contribution in [3.05, 3.63) is 86.9 Å². The summed E-state index contributed by atoms with van der Waals surface area (Å²) in [5.41, 5.74) is 1.15. The van der Waals surface area contributed by atoms with Gasteiger partial charge in [0, 0.05) is 10.4 Å². The summed E-state index contributed by atoms with van der Waals surface area (Å²) in [7, 11) is 0.